The van der Waals surface area contributed by atoms with E-state index in [2.05, 4.69) is 15.6 Å². The molecule has 1 aromatic carbocycles. The summed E-state index contributed by atoms with van der Waals surface area (Å²) in [5, 5.41) is 21.9. The molecule has 0 aliphatic heterocycles. The van der Waals surface area contributed by atoms with Gasteiger partial charge in [0.1, 0.15) is 0 Å². The van der Waals surface area contributed by atoms with Crippen LogP contribution in [0.4, 0.5) is 11.4 Å². The van der Waals surface area contributed by atoms with Crippen LogP contribution in [0.15, 0.2) is 24.5 Å². The minimum atomic E-state index is -0.451. The highest BCUT2D eigenvalue weighted by atomic mass is 35.5. The first-order valence-electron chi connectivity index (χ1n) is 6.10. The molecule has 106 valence electrons. The van der Waals surface area contributed by atoms with E-state index in [9.17, 15) is 10.1 Å². The van der Waals surface area contributed by atoms with Crippen LogP contribution in [0.1, 0.15) is 12.0 Å². The fourth-order valence-electron chi connectivity index (χ4n) is 1.86. The summed E-state index contributed by atoms with van der Waals surface area (Å²) in [5.41, 5.74) is 1.49. The lowest BCUT2D eigenvalue weighted by molar-refractivity contribution is -0.384. The Hall–Kier alpha value is -2.15. The predicted molar refractivity (Wildman–Crippen MR) is 76.0 cm³/mol. The molecule has 1 N–H and O–H groups in total. The molecule has 7 nitrogen and oxygen atoms in total. The number of nitro groups is 1. The molecule has 0 radical (unpaired) electrons. The summed E-state index contributed by atoms with van der Waals surface area (Å²) in [7, 11) is 0. The molecule has 0 atom stereocenters. The van der Waals surface area contributed by atoms with E-state index in [-0.39, 0.29) is 5.69 Å². The lowest BCUT2D eigenvalue weighted by Crippen LogP contribution is -2.08. The van der Waals surface area contributed by atoms with Crippen LogP contribution in [0.3, 0.4) is 0 Å². The standard InChI is InChI=1S/C12H14ClN5O2/c1-9-7-10(18(19)20)8-11(13)12(9)14-3-2-5-17-6-4-15-16-17/h4,6-8,14H,2-3,5H2,1H3. The molecular weight excluding hydrogens is 282 g/mol. The Morgan fingerprint density at radius 2 is 2.30 bits per heavy atom. The van der Waals surface area contributed by atoms with E-state index < -0.39 is 4.92 Å². The van der Waals surface area contributed by atoms with Crippen LogP contribution in [-0.4, -0.2) is 26.5 Å². The molecule has 0 unspecified atom stereocenters. The number of anilines is 1. The van der Waals surface area contributed by atoms with Crippen molar-refractivity contribution in [3.05, 3.63) is 45.2 Å². The normalized spacial score (nSPS) is 10.5. The first-order valence-corrected chi connectivity index (χ1v) is 6.48. The van der Waals surface area contributed by atoms with Gasteiger partial charge in [-0.15, -0.1) is 5.10 Å². The molecule has 0 fully saturated rings. The smallest absolute Gasteiger partial charge is 0.271 e. The summed E-state index contributed by atoms with van der Waals surface area (Å²) >= 11 is 6.06. The summed E-state index contributed by atoms with van der Waals surface area (Å²) in [6.07, 6.45) is 4.27. The number of nitro benzene ring substituents is 1. The number of aromatic nitrogens is 3. The first kappa shape index (κ1) is 14.3. The van der Waals surface area contributed by atoms with Gasteiger partial charge in [-0.25, -0.2) is 0 Å². The second-order valence-electron chi connectivity index (χ2n) is 4.32. The van der Waals surface area contributed by atoms with Gasteiger partial charge in [0.05, 0.1) is 21.8 Å². The van der Waals surface area contributed by atoms with Crippen LogP contribution in [0.25, 0.3) is 0 Å². The van der Waals surface area contributed by atoms with E-state index in [0.717, 1.165) is 24.2 Å². The quantitative estimate of drug-likeness (QED) is 0.503. The topological polar surface area (TPSA) is 85.9 Å². The van der Waals surface area contributed by atoms with Crippen molar-refractivity contribution in [3.63, 3.8) is 0 Å². The van der Waals surface area contributed by atoms with E-state index in [4.69, 9.17) is 11.6 Å². The molecule has 1 aromatic heterocycles. The molecule has 2 aromatic rings. The maximum atomic E-state index is 10.7. The van der Waals surface area contributed by atoms with Gasteiger partial charge in [0.25, 0.3) is 5.69 Å². The van der Waals surface area contributed by atoms with Crippen molar-refractivity contribution in [2.24, 2.45) is 0 Å². The number of hydrogen-bond donors (Lipinski definition) is 1. The summed E-state index contributed by atoms with van der Waals surface area (Å²) in [4.78, 5) is 10.3. The molecule has 2 rings (SSSR count). The van der Waals surface area contributed by atoms with Crippen LogP contribution in [0, 0.1) is 17.0 Å². The summed E-state index contributed by atoms with van der Waals surface area (Å²) < 4.78 is 1.74. The van der Waals surface area contributed by atoms with Gasteiger partial charge in [0, 0.05) is 31.4 Å². The van der Waals surface area contributed by atoms with Gasteiger partial charge < -0.3 is 5.32 Å². The van der Waals surface area contributed by atoms with Crippen molar-refractivity contribution < 1.29 is 4.92 Å². The maximum Gasteiger partial charge on any atom is 0.271 e. The minimum absolute atomic E-state index is 0.000616. The summed E-state index contributed by atoms with van der Waals surface area (Å²) in [6, 6.07) is 2.86. The molecule has 0 saturated carbocycles. The fourth-order valence-corrected chi connectivity index (χ4v) is 2.19. The SMILES string of the molecule is Cc1cc([N+](=O)[O-])cc(Cl)c1NCCCn1ccnn1. The van der Waals surface area contributed by atoms with Crippen molar-refractivity contribution in [3.8, 4) is 0 Å². The van der Waals surface area contributed by atoms with Crippen LogP contribution < -0.4 is 5.32 Å². The highest BCUT2D eigenvalue weighted by Gasteiger charge is 2.12. The Morgan fingerprint density at radius 3 is 2.90 bits per heavy atom. The summed E-state index contributed by atoms with van der Waals surface area (Å²) in [6.45, 7) is 3.23. The maximum absolute atomic E-state index is 10.7. The van der Waals surface area contributed by atoms with E-state index in [1.807, 2.05) is 0 Å². The van der Waals surface area contributed by atoms with Crippen LogP contribution >= 0.6 is 11.6 Å². The zero-order valence-electron chi connectivity index (χ0n) is 10.9. The van der Waals surface area contributed by atoms with Crippen LogP contribution in [0.5, 0.6) is 0 Å². The van der Waals surface area contributed by atoms with E-state index in [1.54, 1.807) is 24.0 Å². The van der Waals surface area contributed by atoms with Gasteiger partial charge in [0.2, 0.25) is 0 Å². The summed E-state index contributed by atoms with van der Waals surface area (Å²) in [5.74, 6) is 0. The first-order chi connectivity index (χ1) is 9.58. The molecule has 0 amide bonds. The van der Waals surface area contributed by atoms with Crippen molar-refractivity contribution >= 4 is 23.0 Å². The Morgan fingerprint density at radius 1 is 1.50 bits per heavy atom. The number of nitrogens with zero attached hydrogens (tertiary/aromatic N) is 4. The Balaban J connectivity index is 1.94. The van der Waals surface area contributed by atoms with Crippen molar-refractivity contribution in [2.75, 3.05) is 11.9 Å². The molecule has 0 spiro atoms. The van der Waals surface area contributed by atoms with Gasteiger partial charge in [-0.05, 0) is 18.9 Å². The highest BCUT2D eigenvalue weighted by molar-refractivity contribution is 6.33. The van der Waals surface area contributed by atoms with Crippen LogP contribution in [-0.2, 0) is 6.54 Å². The lowest BCUT2D eigenvalue weighted by Gasteiger charge is -2.11. The second-order valence-corrected chi connectivity index (χ2v) is 4.73. The zero-order chi connectivity index (χ0) is 14.5. The Labute approximate surface area is 120 Å². The van der Waals surface area contributed by atoms with Crippen LogP contribution in [0.2, 0.25) is 5.02 Å². The lowest BCUT2D eigenvalue weighted by atomic mass is 10.1. The molecule has 0 aliphatic rings. The van der Waals surface area contributed by atoms with Gasteiger partial charge in [-0.3, -0.25) is 14.8 Å². The molecule has 1 heterocycles. The average molecular weight is 296 g/mol. The molecule has 0 saturated heterocycles. The third-order valence-corrected chi connectivity index (χ3v) is 3.12. The number of non-ortho nitro benzene ring substituents is 1. The fraction of sp³-hybridized carbons (Fsp3) is 0.333. The second kappa shape index (κ2) is 6.33. The number of aryl methyl sites for hydroxylation is 2. The minimum Gasteiger partial charge on any atom is -0.384 e. The van der Waals surface area contributed by atoms with E-state index in [0.29, 0.717) is 11.6 Å². The monoisotopic (exact) mass is 295 g/mol. The van der Waals surface area contributed by atoms with Crippen molar-refractivity contribution in [1.29, 1.82) is 0 Å². The van der Waals surface area contributed by atoms with E-state index in [1.165, 1.54) is 12.1 Å². The molecule has 8 heteroatoms. The Kier molecular flexibility index (Phi) is 4.52. The van der Waals surface area contributed by atoms with Gasteiger partial charge >= 0.3 is 0 Å². The number of nitrogens with one attached hydrogen (secondary N) is 1. The Bertz CT molecular complexity index is 577. The third-order valence-electron chi connectivity index (χ3n) is 2.82. The number of halogens is 1. The molecular formula is C12H14ClN5O2. The van der Waals surface area contributed by atoms with Crippen molar-refractivity contribution in [1.82, 2.24) is 15.0 Å². The average Bonchev–Trinajstić information content (AvgIpc) is 2.89. The predicted octanol–water partition coefficient (Wildman–Crippen LogP) is 2.65. The van der Waals surface area contributed by atoms with Crippen molar-refractivity contribution in [2.45, 2.75) is 19.9 Å². The molecule has 0 aliphatic carbocycles. The zero-order valence-corrected chi connectivity index (χ0v) is 11.7. The molecule has 0 bridgehead atoms. The largest absolute Gasteiger partial charge is 0.384 e. The highest BCUT2D eigenvalue weighted by Crippen LogP contribution is 2.30. The number of hydrogen-bond acceptors (Lipinski definition) is 5. The number of rotatable bonds is 6. The third kappa shape index (κ3) is 3.45. The van der Waals surface area contributed by atoms with Gasteiger partial charge in [0.15, 0.2) is 0 Å². The van der Waals surface area contributed by atoms with Gasteiger partial charge in [-0.1, -0.05) is 16.8 Å². The van der Waals surface area contributed by atoms with Gasteiger partial charge in [-0.2, -0.15) is 0 Å². The number of benzene rings is 1. The molecule has 20 heavy (non-hydrogen) atoms. The van der Waals surface area contributed by atoms with E-state index >= 15 is 0 Å².